The van der Waals surface area contributed by atoms with Crippen molar-refractivity contribution in [2.75, 3.05) is 0 Å². The Labute approximate surface area is 133 Å². The average Bonchev–Trinajstić information content (AvgIpc) is 2.86. The number of rotatable bonds is 3. The maximum atomic E-state index is 12.6. The van der Waals surface area contributed by atoms with Crippen molar-refractivity contribution in [3.05, 3.63) is 52.0 Å². The largest absolute Gasteiger partial charge is 0.389 e. The van der Waals surface area contributed by atoms with Crippen LogP contribution in [0.3, 0.4) is 0 Å². The Kier molecular flexibility index (Phi) is 5.69. The highest BCUT2D eigenvalue weighted by molar-refractivity contribution is 7.80. The number of nitrogens with two attached hydrogens (primary N) is 1. The number of hydrogen-bond acceptors (Lipinski definition) is 4. The van der Waals surface area contributed by atoms with Crippen LogP contribution in [0.1, 0.15) is 22.3 Å². The molecule has 0 aliphatic rings. The third-order valence-corrected chi connectivity index (χ3v) is 3.51. The van der Waals surface area contributed by atoms with Gasteiger partial charge in [0.15, 0.2) is 6.80 Å². The number of tetrazole rings is 1. The van der Waals surface area contributed by atoms with E-state index >= 15 is 0 Å². The van der Waals surface area contributed by atoms with E-state index in [2.05, 4.69) is 23.6 Å². The summed E-state index contributed by atoms with van der Waals surface area (Å²) < 4.78 is 14.3. The molecule has 1 aromatic heterocycles. The first-order chi connectivity index (χ1) is 10.4. The third kappa shape index (κ3) is 2.96. The van der Waals surface area contributed by atoms with E-state index in [1.807, 2.05) is 20.8 Å². The van der Waals surface area contributed by atoms with Crippen LogP contribution in [0.25, 0.3) is 5.69 Å². The van der Waals surface area contributed by atoms with Crippen LogP contribution in [0.4, 0.5) is 4.39 Å². The van der Waals surface area contributed by atoms with Crippen molar-refractivity contribution in [1.82, 2.24) is 19.8 Å². The summed E-state index contributed by atoms with van der Waals surface area (Å²) in [6.07, 6.45) is 0. The summed E-state index contributed by atoms with van der Waals surface area (Å²) in [4.78, 5) is 12.2. The molecule has 0 atom stereocenters. The summed E-state index contributed by atoms with van der Waals surface area (Å²) >= 11 is 5.01. The van der Waals surface area contributed by atoms with Crippen molar-refractivity contribution in [1.29, 1.82) is 0 Å². The van der Waals surface area contributed by atoms with Crippen LogP contribution in [-0.4, -0.2) is 24.8 Å². The lowest BCUT2D eigenvalue weighted by atomic mass is 9.97. The highest BCUT2D eigenvalue weighted by atomic mass is 32.1. The van der Waals surface area contributed by atoms with E-state index in [0.29, 0.717) is 15.4 Å². The smallest absolute Gasteiger partial charge is 0.370 e. The van der Waals surface area contributed by atoms with Crippen LogP contribution in [0.5, 0.6) is 0 Å². The van der Waals surface area contributed by atoms with E-state index in [4.69, 9.17) is 18.0 Å². The molecule has 0 saturated heterocycles. The van der Waals surface area contributed by atoms with Crippen LogP contribution in [0, 0.1) is 20.8 Å². The van der Waals surface area contributed by atoms with Gasteiger partial charge in [0.05, 0.1) is 5.69 Å². The number of aryl methyl sites for hydroxylation is 1. The first-order valence-electron chi connectivity index (χ1n) is 6.38. The molecule has 2 aromatic rings. The zero-order valence-corrected chi connectivity index (χ0v) is 13.6. The number of halogens is 1. The third-order valence-electron chi connectivity index (χ3n) is 3.29. The maximum Gasteiger partial charge on any atom is 0.370 e. The summed E-state index contributed by atoms with van der Waals surface area (Å²) in [5, 5.41) is 7.18. The number of alkyl halides is 1. The van der Waals surface area contributed by atoms with Crippen LogP contribution in [-0.2, 0) is 6.80 Å². The van der Waals surface area contributed by atoms with E-state index in [-0.39, 0.29) is 0 Å². The lowest BCUT2D eigenvalue weighted by Crippen LogP contribution is -2.25. The van der Waals surface area contributed by atoms with Gasteiger partial charge in [-0.3, -0.25) is 0 Å². The van der Waals surface area contributed by atoms with Gasteiger partial charge in [-0.1, -0.05) is 12.2 Å². The number of nitrogens with zero attached hydrogens (tertiary/aromatic N) is 4. The fraction of sp³-hybridized carbons (Fsp3) is 0.286. The van der Waals surface area contributed by atoms with Crippen LogP contribution < -0.4 is 11.4 Å². The molecule has 0 spiro atoms. The SMILES string of the molecule is C=C.Cc1cc(C(N)=S)c(C)c(C)c1-n1nnn(CF)c1=O. The van der Waals surface area contributed by atoms with Gasteiger partial charge in [0.2, 0.25) is 0 Å². The monoisotopic (exact) mass is 323 g/mol. The Balaban J connectivity index is 0.00000116. The molecular weight excluding hydrogens is 305 g/mol. The predicted molar refractivity (Wildman–Crippen MR) is 88.1 cm³/mol. The van der Waals surface area contributed by atoms with Crippen molar-refractivity contribution in [3.63, 3.8) is 0 Å². The summed E-state index contributed by atoms with van der Waals surface area (Å²) in [6, 6.07) is 1.79. The van der Waals surface area contributed by atoms with Crippen molar-refractivity contribution < 1.29 is 4.39 Å². The molecule has 0 bridgehead atoms. The molecule has 0 unspecified atom stereocenters. The molecule has 0 amide bonds. The van der Waals surface area contributed by atoms with Crippen LogP contribution in [0.2, 0.25) is 0 Å². The van der Waals surface area contributed by atoms with E-state index in [0.717, 1.165) is 26.9 Å². The van der Waals surface area contributed by atoms with Crippen LogP contribution >= 0.6 is 12.2 Å². The molecule has 1 aromatic carbocycles. The van der Waals surface area contributed by atoms with Gasteiger partial charge < -0.3 is 5.73 Å². The molecule has 0 saturated carbocycles. The van der Waals surface area contributed by atoms with Gasteiger partial charge in [-0.25, -0.2) is 9.18 Å². The molecule has 0 radical (unpaired) electrons. The Morgan fingerprint density at radius 1 is 1.32 bits per heavy atom. The van der Waals surface area contributed by atoms with Gasteiger partial charge in [-0.05, 0) is 54.0 Å². The highest BCUT2D eigenvalue weighted by Gasteiger charge is 2.17. The van der Waals surface area contributed by atoms with Gasteiger partial charge in [0.1, 0.15) is 4.99 Å². The first-order valence-corrected chi connectivity index (χ1v) is 6.79. The Bertz CT molecular complexity index is 765. The lowest BCUT2D eigenvalue weighted by molar-refractivity contribution is 0.336. The highest BCUT2D eigenvalue weighted by Crippen LogP contribution is 2.24. The number of hydrogen-bond donors (Lipinski definition) is 1. The van der Waals surface area contributed by atoms with Crippen molar-refractivity contribution in [2.45, 2.75) is 27.6 Å². The predicted octanol–water partition coefficient (Wildman–Crippen LogP) is 1.72. The zero-order chi connectivity index (χ0) is 17.0. The van der Waals surface area contributed by atoms with Crippen molar-refractivity contribution in [3.8, 4) is 5.69 Å². The second kappa shape index (κ2) is 7.08. The molecule has 0 aliphatic heterocycles. The van der Waals surface area contributed by atoms with Crippen molar-refractivity contribution in [2.24, 2.45) is 5.73 Å². The van der Waals surface area contributed by atoms with Gasteiger partial charge in [0, 0.05) is 5.56 Å². The Morgan fingerprint density at radius 2 is 1.91 bits per heavy atom. The average molecular weight is 323 g/mol. The minimum absolute atomic E-state index is 0.292. The molecule has 0 fully saturated rings. The van der Waals surface area contributed by atoms with Crippen LogP contribution in [0.15, 0.2) is 24.0 Å². The summed E-state index contributed by atoms with van der Waals surface area (Å²) in [5.41, 5.74) is 8.82. The van der Waals surface area contributed by atoms with E-state index in [9.17, 15) is 9.18 Å². The summed E-state index contributed by atoms with van der Waals surface area (Å²) in [7, 11) is 0. The molecule has 6 nitrogen and oxygen atoms in total. The summed E-state index contributed by atoms with van der Waals surface area (Å²) in [6.45, 7) is 10.5. The molecule has 8 heteroatoms. The Hall–Kier alpha value is -2.35. The van der Waals surface area contributed by atoms with Gasteiger partial charge >= 0.3 is 5.69 Å². The molecular formula is C14H18FN5OS. The quantitative estimate of drug-likeness (QED) is 0.687. The second-order valence-corrected chi connectivity index (χ2v) is 4.94. The molecule has 0 aliphatic carbocycles. The fourth-order valence-corrected chi connectivity index (χ4v) is 2.35. The second-order valence-electron chi connectivity index (χ2n) is 4.50. The van der Waals surface area contributed by atoms with Crippen molar-refractivity contribution >= 4 is 17.2 Å². The summed E-state index contributed by atoms with van der Waals surface area (Å²) in [5.74, 6) is 0. The standard InChI is InChI=1S/C12H14FN5OS.C2H4/c1-6-4-9(11(14)20)7(2)8(3)10(6)18-12(19)17(5-13)15-16-18;1-2/h4H,5H2,1-3H3,(H2,14,20);1-2H2. The molecule has 118 valence electrons. The topological polar surface area (TPSA) is 78.7 Å². The van der Waals surface area contributed by atoms with E-state index < -0.39 is 12.5 Å². The molecule has 2 N–H and O–H groups in total. The first kappa shape index (κ1) is 17.7. The fourth-order valence-electron chi connectivity index (χ4n) is 2.14. The van der Waals surface area contributed by atoms with Gasteiger partial charge in [-0.15, -0.1) is 13.2 Å². The van der Waals surface area contributed by atoms with E-state index in [1.165, 1.54) is 0 Å². The zero-order valence-electron chi connectivity index (χ0n) is 12.8. The lowest BCUT2D eigenvalue weighted by Gasteiger charge is -2.14. The molecule has 1 heterocycles. The maximum absolute atomic E-state index is 12.6. The number of aromatic nitrogens is 4. The number of benzene rings is 1. The minimum Gasteiger partial charge on any atom is -0.389 e. The van der Waals surface area contributed by atoms with Gasteiger partial charge in [0.25, 0.3) is 0 Å². The van der Waals surface area contributed by atoms with E-state index in [1.54, 1.807) is 6.07 Å². The molecule has 22 heavy (non-hydrogen) atoms. The van der Waals surface area contributed by atoms with Gasteiger partial charge in [-0.2, -0.15) is 9.36 Å². The normalized spacial score (nSPS) is 10.0. The number of thiocarbonyl (C=S) groups is 1. The molecule has 2 rings (SSSR count). The Morgan fingerprint density at radius 3 is 2.36 bits per heavy atom. The minimum atomic E-state index is -1.01.